The molecule has 1 rings (SSSR count). The summed E-state index contributed by atoms with van der Waals surface area (Å²) in [5.41, 5.74) is 1.80. The van der Waals surface area contributed by atoms with Gasteiger partial charge in [0.2, 0.25) is 0 Å². The molecule has 0 atom stereocenters. The van der Waals surface area contributed by atoms with E-state index in [1.807, 2.05) is 52.8 Å². The molecular weight excluding hydrogens is 420 g/mol. The Morgan fingerprint density at radius 1 is 0.457 bits per heavy atom. The molecule has 0 saturated heterocycles. The molecule has 1 aromatic rings. The highest BCUT2D eigenvalue weighted by atomic mass is 14.1. The lowest BCUT2D eigenvalue weighted by Gasteiger charge is -2.06. The van der Waals surface area contributed by atoms with Crippen molar-refractivity contribution in [1.82, 2.24) is 0 Å². The Kier molecular flexibility index (Phi) is 20.8. The highest BCUT2D eigenvalue weighted by molar-refractivity contribution is 5.54. The summed E-state index contributed by atoms with van der Waals surface area (Å²) in [4.78, 5) is 0. The minimum atomic E-state index is -0.497. The lowest BCUT2D eigenvalue weighted by Crippen LogP contribution is -2.03. The number of benzene rings is 1. The first-order chi connectivity index (χ1) is 14.6. The molecule has 0 nitrogen and oxygen atoms in total. The zero-order chi connectivity index (χ0) is 23.2. The van der Waals surface area contributed by atoms with Gasteiger partial charge in [-0.1, -0.05) is 77.1 Å². The smallest absolute Gasteiger partial charge is 0.0883 e. The first kappa shape index (κ1) is 38.0. The molecule has 0 fully saturated rings. The molecule has 35 heavy (non-hydrogen) atoms. The van der Waals surface area contributed by atoms with Crippen molar-refractivity contribution in [3.8, 4) is 94.7 Å². The summed E-state index contributed by atoms with van der Waals surface area (Å²) in [6, 6.07) is 5.67. The molecule has 180 valence electrons. The van der Waals surface area contributed by atoms with Crippen LogP contribution in [0, 0.1) is 106 Å². The maximum atomic E-state index is 3.09. The van der Waals surface area contributed by atoms with Crippen molar-refractivity contribution < 1.29 is 0 Å². The molecule has 0 bridgehead atoms. The van der Waals surface area contributed by atoms with Crippen molar-refractivity contribution in [2.24, 2.45) is 10.8 Å². The first-order valence-corrected chi connectivity index (χ1v) is 9.73. The molecule has 1 aromatic carbocycles. The fraction of sp³-hybridized carbons (Fsp3) is 0.371. The second-order valence-electron chi connectivity index (χ2n) is 7.92. The van der Waals surface area contributed by atoms with Crippen LogP contribution in [0.1, 0.15) is 94.9 Å². The normalized spacial score (nSPS) is 7.40. The van der Waals surface area contributed by atoms with Crippen LogP contribution in [0.4, 0.5) is 0 Å². The summed E-state index contributed by atoms with van der Waals surface area (Å²) in [7, 11) is 0. The number of hydrogen-bond acceptors (Lipinski definition) is 0. The summed E-state index contributed by atoms with van der Waals surface area (Å²) in [6.07, 6.45) is 0. The van der Waals surface area contributed by atoms with Crippen molar-refractivity contribution in [1.29, 1.82) is 0 Å². The molecule has 0 saturated carbocycles. The third-order valence-corrected chi connectivity index (χ3v) is 3.24. The van der Waals surface area contributed by atoms with Crippen LogP contribution in [0.25, 0.3) is 0 Å². The van der Waals surface area contributed by atoms with E-state index in [1.165, 1.54) is 0 Å². The second kappa shape index (κ2) is 19.2. The Labute approximate surface area is 218 Å². The van der Waals surface area contributed by atoms with Gasteiger partial charge < -0.3 is 0 Å². The monoisotopic (exact) mass is 460 g/mol. The second-order valence-corrected chi connectivity index (χ2v) is 7.92. The van der Waals surface area contributed by atoms with Crippen molar-refractivity contribution >= 4 is 0 Å². The van der Waals surface area contributed by atoms with Gasteiger partial charge in [-0.2, -0.15) is 0 Å². The number of rotatable bonds is 0. The average Bonchev–Trinajstić information content (AvgIpc) is 2.68. The van der Waals surface area contributed by atoms with Crippen molar-refractivity contribution in [3.63, 3.8) is 0 Å². The molecular formula is C35H40. The van der Waals surface area contributed by atoms with E-state index in [0.717, 1.165) is 16.7 Å². The maximum absolute atomic E-state index is 3.09. The van der Waals surface area contributed by atoms with Crippen LogP contribution in [-0.2, 0) is 0 Å². The topological polar surface area (TPSA) is 0 Å². The van der Waals surface area contributed by atoms with Crippen LogP contribution >= 0.6 is 0 Å². The SMILES string of the molecule is C.C.C.C.CC#CC#Cc1cc(C#CC#CC)cc(C#CC#CC(C)(C)C#CC#CC(C)(C)C)c1. The van der Waals surface area contributed by atoms with E-state index < -0.39 is 5.41 Å². The fourth-order valence-electron chi connectivity index (χ4n) is 1.90. The predicted molar refractivity (Wildman–Crippen MR) is 157 cm³/mol. The van der Waals surface area contributed by atoms with Gasteiger partial charge in [0.25, 0.3) is 0 Å². The minimum absolute atomic E-state index is 0. The molecule has 0 N–H and O–H groups in total. The van der Waals surface area contributed by atoms with Gasteiger partial charge >= 0.3 is 0 Å². The first-order valence-electron chi connectivity index (χ1n) is 9.73. The van der Waals surface area contributed by atoms with Crippen LogP contribution < -0.4 is 0 Å². The molecule has 0 unspecified atom stereocenters. The minimum Gasteiger partial charge on any atom is -0.0925 e. The van der Waals surface area contributed by atoms with Crippen molar-refractivity contribution in [3.05, 3.63) is 34.9 Å². The fourth-order valence-corrected chi connectivity index (χ4v) is 1.90. The third kappa shape index (κ3) is 18.9. The van der Waals surface area contributed by atoms with E-state index in [4.69, 9.17) is 0 Å². The van der Waals surface area contributed by atoms with E-state index in [-0.39, 0.29) is 35.1 Å². The summed E-state index contributed by atoms with van der Waals surface area (Å²) >= 11 is 0. The Bertz CT molecular complexity index is 1270. The summed E-state index contributed by atoms with van der Waals surface area (Å²) in [5, 5.41) is 0. The van der Waals surface area contributed by atoms with Crippen LogP contribution in [0.2, 0.25) is 0 Å². The predicted octanol–water partition coefficient (Wildman–Crippen LogP) is 7.41. The van der Waals surface area contributed by atoms with E-state index in [2.05, 4.69) is 94.7 Å². The molecule has 0 aromatic heterocycles. The molecule has 0 radical (unpaired) electrons. The van der Waals surface area contributed by atoms with Crippen LogP contribution in [0.3, 0.4) is 0 Å². The van der Waals surface area contributed by atoms with Gasteiger partial charge in [-0.05, 0) is 114 Å². The summed E-state index contributed by atoms with van der Waals surface area (Å²) in [6.45, 7) is 13.5. The highest BCUT2D eigenvalue weighted by Gasteiger charge is 2.08. The van der Waals surface area contributed by atoms with E-state index in [1.54, 1.807) is 13.8 Å². The Hall–Kier alpha value is -4.30. The van der Waals surface area contributed by atoms with E-state index in [0.29, 0.717) is 0 Å². The lowest BCUT2D eigenvalue weighted by molar-refractivity contribution is 0.571. The quantitative estimate of drug-likeness (QED) is 0.354. The highest BCUT2D eigenvalue weighted by Crippen LogP contribution is 2.12. The molecule has 0 spiro atoms. The van der Waals surface area contributed by atoms with Gasteiger partial charge in [-0.3, -0.25) is 0 Å². The van der Waals surface area contributed by atoms with Crippen molar-refractivity contribution in [2.45, 2.75) is 78.2 Å². The third-order valence-electron chi connectivity index (χ3n) is 3.24. The zero-order valence-electron chi connectivity index (χ0n) is 19.2. The van der Waals surface area contributed by atoms with Gasteiger partial charge in [0, 0.05) is 22.1 Å². The van der Waals surface area contributed by atoms with Crippen LogP contribution in [0.15, 0.2) is 18.2 Å². The largest absolute Gasteiger partial charge is 0.0925 e. The van der Waals surface area contributed by atoms with Gasteiger partial charge in [-0.25, -0.2) is 0 Å². The maximum Gasteiger partial charge on any atom is 0.0883 e. The Morgan fingerprint density at radius 3 is 1.11 bits per heavy atom. The standard InChI is InChI=1S/C31H24.4CH4/c1-8-10-12-18-27-24-28(19-13-11-9-2)26-29(25-27)20-14-15-22-31(6,7)23-17-16-21-30(3,4)5;;;;/h24-26H,1-7H3;4*1H4. The van der Waals surface area contributed by atoms with Crippen molar-refractivity contribution in [2.75, 3.05) is 0 Å². The zero-order valence-corrected chi connectivity index (χ0v) is 19.2. The summed E-state index contributed by atoms with van der Waals surface area (Å²) in [5.74, 6) is 46.5. The molecule has 0 aliphatic rings. The Morgan fingerprint density at radius 2 is 0.771 bits per heavy atom. The molecule has 0 heterocycles. The summed E-state index contributed by atoms with van der Waals surface area (Å²) < 4.78 is 0. The lowest BCUT2D eigenvalue weighted by atomic mass is 9.95. The molecule has 0 heteroatoms. The molecule has 0 aliphatic heterocycles. The number of hydrogen-bond donors (Lipinski definition) is 0. The van der Waals surface area contributed by atoms with Gasteiger partial charge in [-0.15, -0.1) is 0 Å². The Balaban J connectivity index is -0.00000120. The van der Waals surface area contributed by atoms with E-state index in [9.17, 15) is 0 Å². The molecule has 0 aliphatic carbocycles. The van der Waals surface area contributed by atoms with Crippen LogP contribution in [-0.4, -0.2) is 0 Å². The van der Waals surface area contributed by atoms with Gasteiger partial charge in [0.05, 0.1) is 5.41 Å². The van der Waals surface area contributed by atoms with Gasteiger partial charge in [0.15, 0.2) is 0 Å². The van der Waals surface area contributed by atoms with E-state index >= 15 is 0 Å². The van der Waals surface area contributed by atoms with Crippen LogP contribution in [0.5, 0.6) is 0 Å². The molecule has 0 amide bonds. The average molecular weight is 461 g/mol. The van der Waals surface area contributed by atoms with Gasteiger partial charge in [0.1, 0.15) is 0 Å².